The standard InChI is InChI=1S/C9H18BO2/c1-4-6-9(5-2)7-8(3)12-10-11/h5,8-9,11H,2,4,6-7H2,1,3H3. The lowest BCUT2D eigenvalue weighted by Crippen LogP contribution is -2.15. The van der Waals surface area contributed by atoms with E-state index in [-0.39, 0.29) is 6.10 Å². The van der Waals surface area contributed by atoms with Crippen molar-refractivity contribution in [3.63, 3.8) is 0 Å². The summed E-state index contributed by atoms with van der Waals surface area (Å²) in [6.07, 6.45) is 5.26. The van der Waals surface area contributed by atoms with Crippen molar-refractivity contribution in [3.05, 3.63) is 12.7 Å². The molecule has 2 nitrogen and oxygen atoms in total. The molecule has 12 heavy (non-hydrogen) atoms. The largest absolute Gasteiger partial charge is 0.485 e. The molecular formula is C9H18BO2. The second-order valence-corrected chi connectivity index (χ2v) is 3.07. The summed E-state index contributed by atoms with van der Waals surface area (Å²) >= 11 is 0. The summed E-state index contributed by atoms with van der Waals surface area (Å²) in [6.45, 7) is 7.86. The van der Waals surface area contributed by atoms with Gasteiger partial charge in [0.05, 0.1) is 0 Å². The van der Waals surface area contributed by atoms with Crippen molar-refractivity contribution >= 4 is 7.69 Å². The minimum absolute atomic E-state index is 0.0737. The molecule has 0 saturated carbocycles. The summed E-state index contributed by atoms with van der Waals surface area (Å²) in [5, 5.41) is 8.38. The van der Waals surface area contributed by atoms with E-state index in [1.807, 2.05) is 13.0 Å². The molecule has 1 radical (unpaired) electrons. The Morgan fingerprint density at radius 1 is 1.67 bits per heavy atom. The van der Waals surface area contributed by atoms with E-state index in [1.165, 1.54) is 0 Å². The average molecular weight is 169 g/mol. The van der Waals surface area contributed by atoms with Gasteiger partial charge in [-0.15, -0.1) is 6.58 Å². The van der Waals surface area contributed by atoms with Gasteiger partial charge in [0.15, 0.2) is 0 Å². The lowest BCUT2D eigenvalue weighted by Gasteiger charge is -2.16. The quantitative estimate of drug-likeness (QED) is 0.466. The minimum Gasteiger partial charge on any atom is -0.429 e. The Labute approximate surface area is 75.9 Å². The third kappa shape index (κ3) is 5.39. The van der Waals surface area contributed by atoms with Crippen LogP contribution >= 0.6 is 0 Å². The van der Waals surface area contributed by atoms with Crippen LogP contribution in [-0.2, 0) is 4.65 Å². The first-order valence-electron chi connectivity index (χ1n) is 4.48. The van der Waals surface area contributed by atoms with Crippen LogP contribution in [0.4, 0.5) is 0 Å². The number of rotatable bonds is 7. The van der Waals surface area contributed by atoms with Gasteiger partial charge in [0.25, 0.3) is 0 Å². The van der Waals surface area contributed by atoms with Gasteiger partial charge < -0.3 is 9.68 Å². The molecule has 0 bridgehead atoms. The Morgan fingerprint density at radius 2 is 2.33 bits per heavy atom. The van der Waals surface area contributed by atoms with Crippen LogP contribution < -0.4 is 0 Å². The van der Waals surface area contributed by atoms with Crippen LogP contribution in [0.15, 0.2) is 12.7 Å². The molecule has 0 heterocycles. The normalized spacial score (nSPS) is 15.2. The molecule has 0 aliphatic carbocycles. The fraction of sp³-hybridized carbons (Fsp3) is 0.778. The summed E-state index contributed by atoms with van der Waals surface area (Å²) in [5.74, 6) is 0.505. The molecule has 0 aromatic rings. The first-order valence-corrected chi connectivity index (χ1v) is 4.48. The zero-order valence-electron chi connectivity index (χ0n) is 7.99. The molecule has 0 aliphatic heterocycles. The van der Waals surface area contributed by atoms with Gasteiger partial charge >= 0.3 is 7.69 Å². The van der Waals surface area contributed by atoms with E-state index in [4.69, 9.17) is 9.68 Å². The molecule has 0 rings (SSSR count). The summed E-state index contributed by atoms with van der Waals surface area (Å²) in [6, 6.07) is 0. The molecule has 69 valence electrons. The van der Waals surface area contributed by atoms with Crippen molar-refractivity contribution in [2.75, 3.05) is 0 Å². The van der Waals surface area contributed by atoms with Crippen LogP contribution in [0.5, 0.6) is 0 Å². The maximum Gasteiger partial charge on any atom is 0.485 e. The van der Waals surface area contributed by atoms with E-state index in [9.17, 15) is 0 Å². The van der Waals surface area contributed by atoms with E-state index in [0.717, 1.165) is 26.9 Å². The fourth-order valence-electron chi connectivity index (χ4n) is 1.29. The van der Waals surface area contributed by atoms with E-state index in [2.05, 4.69) is 13.5 Å². The van der Waals surface area contributed by atoms with E-state index in [0.29, 0.717) is 5.92 Å². The Balaban J connectivity index is 3.60. The Kier molecular flexibility index (Phi) is 7.21. The molecule has 2 atom stereocenters. The lowest BCUT2D eigenvalue weighted by atomic mass is 9.97. The van der Waals surface area contributed by atoms with Crippen molar-refractivity contribution in [3.8, 4) is 0 Å². The van der Waals surface area contributed by atoms with Gasteiger partial charge in [-0.2, -0.15) is 0 Å². The van der Waals surface area contributed by atoms with Gasteiger partial charge in [0.1, 0.15) is 0 Å². The van der Waals surface area contributed by atoms with Gasteiger partial charge in [-0.1, -0.05) is 19.4 Å². The van der Waals surface area contributed by atoms with Crippen LogP contribution in [0, 0.1) is 5.92 Å². The first-order chi connectivity index (χ1) is 5.74. The Morgan fingerprint density at radius 3 is 2.75 bits per heavy atom. The van der Waals surface area contributed by atoms with Crippen LogP contribution in [0.25, 0.3) is 0 Å². The highest BCUT2D eigenvalue weighted by Crippen LogP contribution is 2.15. The third-order valence-corrected chi connectivity index (χ3v) is 1.92. The van der Waals surface area contributed by atoms with Gasteiger partial charge in [-0.3, -0.25) is 0 Å². The van der Waals surface area contributed by atoms with Crippen molar-refractivity contribution in [1.82, 2.24) is 0 Å². The van der Waals surface area contributed by atoms with Gasteiger partial charge in [-0.25, -0.2) is 0 Å². The topological polar surface area (TPSA) is 29.5 Å². The van der Waals surface area contributed by atoms with Gasteiger partial charge in [0.2, 0.25) is 0 Å². The third-order valence-electron chi connectivity index (χ3n) is 1.92. The molecule has 0 spiro atoms. The van der Waals surface area contributed by atoms with Crippen molar-refractivity contribution in [2.45, 2.75) is 39.2 Å². The minimum atomic E-state index is 0.0737. The zero-order valence-corrected chi connectivity index (χ0v) is 7.99. The lowest BCUT2D eigenvalue weighted by molar-refractivity contribution is 0.175. The first kappa shape index (κ1) is 11.7. The summed E-state index contributed by atoms with van der Waals surface area (Å²) in [5.41, 5.74) is 0. The molecular weight excluding hydrogens is 151 g/mol. The average Bonchev–Trinajstić information content (AvgIpc) is 2.04. The molecule has 0 fully saturated rings. The van der Waals surface area contributed by atoms with Crippen LogP contribution in [0.3, 0.4) is 0 Å². The highest BCUT2D eigenvalue weighted by molar-refractivity contribution is 6.15. The highest BCUT2D eigenvalue weighted by atomic mass is 16.5. The molecule has 0 aromatic heterocycles. The van der Waals surface area contributed by atoms with E-state index < -0.39 is 0 Å². The second kappa shape index (κ2) is 7.38. The predicted octanol–water partition coefficient (Wildman–Crippen LogP) is 1.91. The van der Waals surface area contributed by atoms with E-state index in [1.54, 1.807) is 0 Å². The molecule has 0 amide bonds. The summed E-state index contributed by atoms with van der Waals surface area (Å²) < 4.78 is 4.90. The maximum absolute atomic E-state index is 8.38. The summed E-state index contributed by atoms with van der Waals surface area (Å²) in [7, 11) is 0.761. The van der Waals surface area contributed by atoms with Crippen LogP contribution in [-0.4, -0.2) is 18.8 Å². The molecule has 2 unspecified atom stereocenters. The maximum atomic E-state index is 8.38. The molecule has 1 N–H and O–H groups in total. The van der Waals surface area contributed by atoms with Crippen LogP contribution in [0.1, 0.15) is 33.1 Å². The smallest absolute Gasteiger partial charge is 0.429 e. The number of allylic oxidation sites excluding steroid dienone is 1. The van der Waals surface area contributed by atoms with Crippen molar-refractivity contribution < 1.29 is 9.68 Å². The van der Waals surface area contributed by atoms with Gasteiger partial charge in [-0.05, 0) is 25.7 Å². The number of hydrogen-bond donors (Lipinski definition) is 1. The summed E-state index contributed by atoms with van der Waals surface area (Å²) in [4.78, 5) is 0. The Bertz CT molecular complexity index is 117. The van der Waals surface area contributed by atoms with Crippen molar-refractivity contribution in [1.29, 1.82) is 0 Å². The predicted molar refractivity (Wildman–Crippen MR) is 51.7 cm³/mol. The second-order valence-electron chi connectivity index (χ2n) is 3.07. The number of hydrogen-bond acceptors (Lipinski definition) is 2. The SMILES string of the molecule is C=CC(CCC)CC(C)O[B]O. The fourth-order valence-corrected chi connectivity index (χ4v) is 1.29. The monoisotopic (exact) mass is 169 g/mol. The molecule has 0 aliphatic rings. The molecule has 0 aromatic carbocycles. The van der Waals surface area contributed by atoms with Crippen molar-refractivity contribution in [2.24, 2.45) is 5.92 Å². The zero-order chi connectivity index (χ0) is 9.40. The van der Waals surface area contributed by atoms with Crippen LogP contribution in [0.2, 0.25) is 0 Å². The van der Waals surface area contributed by atoms with Gasteiger partial charge in [0, 0.05) is 6.10 Å². The van der Waals surface area contributed by atoms with E-state index >= 15 is 0 Å². The molecule has 0 saturated heterocycles. The molecule has 3 heteroatoms. The highest BCUT2D eigenvalue weighted by Gasteiger charge is 2.09. The Hall–Kier alpha value is -0.275.